The minimum absolute atomic E-state index is 0.0898. The van der Waals surface area contributed by atoms with Crippen LogP contribution < -0.4 is 10.6 Å². The number of anilines is 1. The van der Waals surface area contributed by atoms with Crippen LogP contribution in [0.15, 0.2) is 107 Å². The van der Waals surface area contributed by atoms with Gasteiger partial charge in [0.2, 0.25) is 12.1 Å². The first kappa shape index (κ1) is 21.3. The number of hydrogen-bond acceptors (Lipinski definition) is 6. The van der Waals surface area contributed by atoms with E-state index in [-0.39, 0.29) is 6.01 Å². The lowest BCUT2D eigenvalue weighted by atomic mass is 9.97. The summed E-state index contributed by atoms with van der Waals surface area (Å²) in [5.41, 5.74) is 2.42. The van der Waals surface area contributed by atoms with Crippen LogP contribution in [0.3, 0.4) is 0 Å². The Hall–Kier alpha value is -4.00. The molecule has 29 heavy (non-hydrogen) atoms. The molecular weight excluding hydrogens is 366 g/mol. The van der Waals surface area contributed by atoms with Crippen LogP contribution in [0, 0.1) is 6.92 Å². The Kier molecular flexibility index (Phi) is 7.61. The topological polar surface area (TPSA) is 92.4 Å². The Morgan fingerprint density at radius 2 is 1.86 bits per heavy atom. The molecule has 1 atom stereocenters. The first-order valence-corrected chi connectivity index (χ1v) is 8.77. The standard InChI is InChI=1S/C22H23N5O2/c1-6-10-14-16(11-7-2)19-17(12-8-3)18(13-9-4)23-21(28)20(24-19)25-22-27-26-15(5)29-22/h6-14,20H,1-4H2,5H3,(H,23,28)(H,25,27)/b14-10-,16-11+,17-12+,18-13+. The molecular formula is C22H23N5O2. The molecule has 1 amide bonds. The minimum atomic E-state index is -1.01. The smallest absolute Gasteiger partial charge is 0.317 e. The number of allylic oxidation sites excluding steroid dienone is 11. The summed E-state index contributed by atoms with van der Waals surface area (Å²) in [5.74, 6) is -0.0315. The van der Waals surface area contributed by atoms with E-state index in [1.54, 1.807) is 55.5 Å². The molecule has 0 saturated carbocycles. The third kappa shape index (κ3) is 5.49. The van der Waals surface area contributed by atoms with Crippen LogP contribution >= 0.6 is 0 Å². The number of rotatable bonds is 8. The summed E-state index contributed by atoms with van der Waals surface area (Å²) in [6, 6.07) is 0.0898. The van der Waals surface area contributed by atoms with Crippen LogP contribution in [0.5, 0.6) is 0 Å². The molecule has 0 radical (unpaired) electrons. The molecule has 0 bridgehead atoms. The van der Waals surface area contributed by atoms with Gasteiger partial charge < -0.3 is 15.1 Å². The average molecular weight is 389 g/mol. The van der Waals surface area contributed by atoms with E-state index in [9.17, 15) is 4.79 Å². The lowest BCUT2D eigenvalue weighted by Crippen LogP contribution is -2.36. The number of aryl methyl sites for hydroxylation is 1. The molecule has 1 aliphatic heterocycles. The van der Waals surface area contributed by atoms with E-state index < -0.39 is 12.1 Å². The summed E-state index contributed by atoms with van der Waals surface area (Å²) in [6.45, 7) is 16.6. The Balaban J connectivity index is 2.67. The second-order valence-electron chi connectivity index (χ2n) is 5.72. The fourth-order valence-corrected chi connectivity index (χ4v) is 2.50. The van der Waals surface area contributed by atoms with E-state index in [2.05, 4.69) is 52.1 Å². The lowest BCUT2D eigenvalue weighted by Gasteiger charge is -2.12. The van der Waals surface area contributed by atoms with Gasteiger partial charge in [-0.25, -0.2) is 4.99 Å². The number of aliphatic imine (C=N–C) groups is 1. The van der Waals surface area contributed by atoms with E-state index in [1.807, 2.05) is 6.08 Å². The molecule has 2 rings (SSSR count). The summed E-state index contributed by atoms with van der Waals surface area (Å²) in [6.07, 6.45) is 14.3. The highest BCUT2D eigenvalue weighted by molar-refractivity contribution is 6.19. The van der Waals surface area contributed by atoms with Crippen molar-refractivity contribution in [2.45, 2.75) is 13.1 Å². The molecule has 0 aromatic carbocycles. The van der Waals surface area contributed by atoms with E-state index in [1.165, 1.54) is 0 Å². The zero-order chi connectivity index (χ0) is 21.2. The van der Waals surface area contributed by atoms with Crippen molar-refractivity contribution in [2.24, 2.45) is 4.99 Å². The van der Waals surface area contributed by atoms with Crippen LogP contribution in [-0.4, -0.2) is 28.0 Å². The highest BCUT2D eigenvalue weighted by Crippen LogP contribution is 2.22. The van der Waals surface area contributed by atoms with Crippen molar-refractivity contribution in [3.05, 3.63) is 104 Å². The quantitative estimate of drug-likeness (QED) is 0.661. The van der Waals surface area contributed by atoms with Crippen molar-refractivity contribution >= 4 is 17.6 Å². The monoisotopic (exact) mass is 389 g/mol. The molecule has 1 unspecified atom stereocenters. The molecule has 7 heteroatoms. The summed E-state index contributed by atoms with van der Waals surface area (Å²) in [7, 11) is 0. The van der Waals surface area contributed by atoms with E-state index in [4.69, 9.17) is 4.42 Å². The first-order chi connectivity index (χ1) is 14.0. The van der Waals surface area contributed by atoms with Crippen LogP contribution in [0.4, 0.5) is 6.01 Å². The fraction of sp³-hybridized carbons (Fsp3) is 0.0909. The summed E-state index contributed by atoms with van der Waals surface area (Å²) >= 11 is 0. The Morgan fingerprint density at radius 3 is 2.45 bits per heavy atom. The van der Waals surface area contributed by atoms with Crippen molar-refractivity contribution in [3.63, 3.8) is 0 Å². The number of nitrogens with zero attached hydrogens (tertiary/aromatic N) is 3. The van der Waals surface area contributed by atoms with Gasteiger partial charge in [-0.2, -0.15) is 0 Å². The SMILES string of the molecule is C=C/C=C\C(=C/C=C)C1=NC(Nc2nnc(C)o2)C(=O)NC(=C/C=C)/C1=C\C=C. The Labute approximate surface area is 170 Å². The first-order valence-electron chi connectivity index (χ1n) is 8.77. The van der Waals surface area contributed by atoms with Gasteiger partial charge in [-0.05, 0) is 6.08 Å². The summed E-state index contributed by atoms with van der Waals surface area (Å²) in [4.78, 5) is 17.5. The van der Waals surface area contributed by atoms with E-state index in [0.717, 1.165) is 0 Å². The Bertz CT molecular complexity index is 973. The molecule has 1 aromatic heterocycles. The maximum atomic E-state index is 12.8. The molecule has 2 heterocycles. The number of nitrogens with one attached hydrogen (secondary N) is 2. The van der Waals surface area contributed by atoms with Crippen molar-refractivity contribution in [2.75, 3.05) is 5.32 Å². The van der Waals surface area contributed by atoms with Crippen LogP contribution in [0.1, 0.15) is 5.89 Å². The van der Waals surface area contributed by atoms with Gasteiger partial charge in [0.05, 0.1) is 11.4 Å². The molecule has 1 aromatic rings. The Morgan fingerprint density at radius 1 is 1.10 bits per heavy atom. The second-order valence-corrected chi connectivity index (χ2v) is 5.72. The maximum Gasteiger partial charge on any atom is 0.317 e. The minimum Gasteiger partial charge on any atom is -0.408 e. The normalized spacial score (nSPS) is 20.2. The predicted molar refractivity (Wildman–Crippen MR) is 116 cm³/mol. The summed E-state index contributed by atoms with van der Waals surface area (Å²) in [5, 5.41) is 13.3. The number of aromatic nitrogens is 2. The van der Waals surface area contributed by atoms with Crippen LogP contribution in [0.2, 0.25) is 0 Å². The number of amides is 1. The molecule has 0 spiro atoms. The largest absolute Gasteiger partial charge is 0.408 e. The van der Waals surface area contributed by atoms with Gasteiger partial charge in [0.25, 0.3) is 5.91 Å². The van der Waals surface area contributed by atoms with Gasteiger partial charge in [0.15, 0.2) is 0 Å². The van der Waals surface area contributed by atoms with Gasteiger partial charge in [-0.15, -0.1) is 5.10 Å². The number of hydrogen-bond donors (Lipinski definition) is 2. The van der Waals surface area contributed by atoms with Gasteiger partial charge in [-0.3, -0.25) is 4.79 Å². The molecule has 148 valence electrons. The highest BCUT2D eigenvalue weighted by atomic mass is 16.4. The van der Waals surface area contributed by atoms with Gasteiger partial charge in [-0.1, -0.05) is 80.0 Å². The number of carbonyl (C=O) groups excluding carboxylic acids is 1. The fourth-order valence-electron chi connectivity index (χ4n) is 2.50. The highest BCUT2D eigenvalue weighted by Gasteiger charge is 2.28. The lowest BCUT2D eigenvalue weighted by molar-refractivity contribution is -0.120. The van der Waals surface area contributed by atoms with Gasteiger partial charge in [0.1, 0.15) is 0 Å². The predicted octanol–water partition coefficient (Wildman–Crippen LogP) is 3.72. The number of carbonyl (C=O) groups is 1. The molecule has 0 aliphatic carbocycles. The molecule has 7 nitrogen and oxygen atoms in total. The van der Waals surface area contributed by atoms with Gasteiger partial charge >= 0.3 is 6.01 Å². The van der Waals surface area contributed by atoms with Crippen molar-refractivity contribution in [3.8, 4) is 0 Å². The zero-order valence-corrected chi connectivity index (χ0v) is 16.3. The van der Waals surface area contributed by atoms with Crippen molar-refractivity contribution in [1.82, 2.24) is 15.5 Å². The zero-order valence-electron chi connectivity index (χ0n) is 16.3. The van der Waals surface area contributed by atoms with E-state index >= 15 is 0 Å². The van der Waals surface area contributed by atoms with E-state index in [0.29, 0.717) is 28.4 Å². The maximum absolute atomic E-state index is 12.8. The molecule has 2 N–H and O–H groups in total. The second kappa shape index (κ2) is 10.4. The summed E-state index contributed by atoms with van der Waals surface area (Å²) < 4.78 is 5.33. The molecule has 0 fully saturated rings. The third-order valence-corrected chi connectivity index (χ3v) is 3.65. The average Bonchev–Trinajstić information content (AvgIpc) is 3.06. The van der Waals surface area contributed by atoms with Crippen molar-refractivity contribution in [1.29, 1.82) is 0 Å². The third-order valence-electron chi connectivity index (χ3n) is 3.65. The van der Waals surface area contributed by atoms with Gasteiger partial charge in [0, 0.05) is 18.1 Å². The van der Waals surface area contributed by atoms with Crippen molar-refractivity contribution < 1.29 is 9.21 Å². The van der Waals surface area contributed by atoms with Crippen LogP contribution in [-0.2, 0) is 4.79 Å². The molecule has 0 saturated heterocycles. The van der Waals surface area contributed by atoms with Crippen LogP contribution in [0.25, 0.3) is 0 Å². The molecule has 1 aliphatic rings.